The van der Waals surface area contributed by atoms with E-state index >= 15 is 0 Å². The molecule has 0 spiro atoms. The van der Waals surface area contributed by atoms with E-state index < -0.39 is 0 Å². The smallest absolute Gasteiger partial charge is 0.321 e. The van der Waals surface area contributed by atoms with E-state index in [4.69, 9.17) is 5.11 Å². The number of carbonyl (C=O) groups excluding carboxylic acids is 1. The van der Waals surface area contributed by atoms with Crippen LogP contribution in [0.25, 0.3) is 0 Å². The number of aliphatic hydroxyl groups is 1. The summed E-state index contributed by atoms with van der Waals surface area (Å²) in [6, 6.07) is 2.00. The maximum absolute atomic E-state index is 12.3. The number of urea groups is 1. The minimum Gasteiger partial charge on any atom is -0.396 e. The molecule has 0 atom stereocenters. The lowest BCUT2D eigenvalue weighted by molar-refractivity contribution is 0.139. The highest BCUT2D eigenvalue weighted by Crippen LogP contribution is 2.27. The summed E-state index contributed by atoms with van der Waals surface area (Å²) in [5.41, 5.74) is 1.76. The average molecular weight is 277 g/mol. The molecule has 1 aromatic heterocycles. The largest absolute Gasteiger partial charge is 0.396 e. The first-order valence-corrected chi connectivity index (χ1v) is 7.17. The second-order valence-corrected chi connectivity index (χ2v) is 5.59. The molecule has 0 saturated heterocycles. The molecule has 2 N–H and O–H groups in total. The maximum Gasteiger partial charge on any atom is 0.321 e. The van der Waals surface area contributed by atoms with Gasteiger partial charge in [-0.2, -0.15) is 0 Å². The molecule has 1 aliphatic rings. The lowest BCUT2D eigenvalue weighted by Gasteiger charge is -2.34. The van der Waals surface area contributed by atoms with Crippen molar-refractivity contribution in [3.8, 4) is 0 Å². The van der Waals surface area contributed by atoms with Crippen LogP contribution in [0.2, 0.25) is 0 Å². The molecular weight excluding hydrogens is 254 g/mol. The molecule has 20 heavy (non-hydrogen) atoms. The van der Waals surface area contributed by atoms with E-state index in [-0.39, 0.29) is 18.7 Å². The van der Waals surface area contributed by atoms with Crippen molar-refractivity contribution in [1.29, 1.82) is 0 Å². The SMILES string of the molecule is Cc1cnccc1NC(=O)N(C)C1CCC(CO)CC1. The highest BCUT2D eigenvalue weighted by molar-refractivity contribution is 5.90. The number of aliphatic hydroxyl groups excluding tert-OH is 1. The van der Waals surface area contributed by atoms with Crippen molar-refractivity contribution >= 4 is 11.7 Å². The third-order valence-corrected chi connectivity index (χ3v) is 4.20. The summed E-state index contributed by atoms with van der Waals surface area (Å²) >= 11 is 0. The fraction of sp³-hybridized carbons (Fsp3) is 0.600. The molecule has 0 bridgehead atoms. The van der Waals surface area contributed by atoms with Crippen molar-refractivity contribution in [3.05, 3.63) is 24.0 Å². The van der Waals surface area contributed by atoms with Crippen molar-refractivity contribution in [2.45, 2.75) is 38.6 Å². The Hall–Kier alpha value is -1.62. The molecule has 0 aromatic carbocycles. The molecule has 110 valence electrons. The second-order valence-electron chi connectivity index (χ2n) is 5.59. The zero-order chi connectivity index (χ0) is 14.5. The fourth-order valence-electron chi connectivity index (χ4n) is 2.70. The second kappa shape index (κ2) is 6.70. The number of aryl methyl sites for hydroxylation is 1. The Labute approximate surface area is 120 Å². The molecule has 5 heteroatoms. The van der Waals surface area contributed by atoms with Crippen LogP contribution >= 0.6 is 0 Å². The molecule has 1 aromatic rings. The molecule has 2 rings (SSSR count). The van der Waals surface area contributed by atoms with Crippen molar-refractivity contribution in [2.24, 2.45) is 5.92 Å². The molecule has 0 aliphatic heterocycles. The Balaban J connectivity index is 1.91. The molecule has 2 amide bonds. The monoisotopic (exact) mass is 277 g/mol. The van der Waals surface area contributed by atoms with Crippen molar-refractivity contribution in [1.82, 2.24) is 9.88 Å². The molecule has 0 unspecified atom stereocenters. The van der Waals surface area contributed by atoms with Gasteiger partial charge in [-0.3, -0.25) is 4.98 Å². The van der Waals surface area contributed by atoms with Gasteiger partial charge in [0.2, 0.25) is 0 Å². The topological polar surface area (TPSA) is 65.5 Å². The highest BCUT2D eigenvalue weighted by atomic mass is 16.3. The summed E-state index contributed by atoms with van der Waals surface area (Å²) in [5, 5.41) is 12.1. The van der Waals surface area contributed by atoms with Crippen LogP contribution < -0.4 is 5.32 Å². The van der Waals surface area contributed by atoms with E-state index in [1.54, 1.807) is 17.3 Å². The summed E-state index contributed by atoms with van der Waals surface area (Å²) in [7, 11) is 1.84. The number of nitrogens with one attached hydrogen (secondary N) is 1. The Morgan fingerprint density at radius 1 is 1.45 bits per heavy atom. The van der Waals surface area contributed by atoms with Gasteiger partial charge in [-0.25, -0.2) is 4.79 Å². The van der Waals surface area contributed by atoms with Crippen LogP contribution in [-0.4, -0.2) is 40.7 Å². The Morgan fingerprint density at radius 3 is 2.75 bits per heavy atom. The first-order valence-electron chi connectivity index (χ1n) is 7.17. The Morgan fingerprint density at radius 2 is 2.15 bits per heavy atom. The summed E-state index contributed by atoms with van der Waals surface area (Å²) in [4.78, 5) is 18.1. The standard InChI is InChI=1S/C15H23N3O2/c1-11-9-16-8-7-14(11)17-15(20)18(2)13-5-3-12(10-19)4-6-13/h7-9,12-13,19H,3-6,10H2,1-2H3,(H,16,17,20). The summed E-state index contributed by atoms with van der Waals surface area (Å²) in [5.74, 6) is 0.408. The molecule has 1 saturated carbocycles. The van der Waals surface area contributed by atoms with E-state index in [1.807, 2.05) is 20.0 Å². The third kappa shape index (κ3) is 3.48. The fourth-order valence-corrected chi connectivity index (χ4v) is 2.70. The zero-order valence-corrected chi connectivity index (χ0v) is 12.2. The number of hydrogen-bond acceptors (Lipinski definition) is 3. The molecule has 1 heterocycles. The Kier molecular flexibility index (Phi) is 4.95. The first-order chi connectivity index (χ1) is 9.61. The number of rotatable bonds is 3. The van der Waals surface area contributed by atoms with E-state index in [0.29, 0.717) is 5.92 Å². The van der Waals surface area contributed by atoms with E-state index in [9.17, 15) is 4.79 Å². The quantitative estimate of drug-likeness (QED) is 0.891. The molecular formula is C15H23N3O2. The summed E-state index contributed by atoms with van der Waals surface area (Å²) in [6.07, 6.45) is 7.33. The van der Waals surface area contributed by atoms with Crippen molar-refractivity contribution < 1.29 is 9.90 Å². The van der Waals surface area contributed by atoms with Crippen molar-refractivity contribution in [2.75, 3.05) is 19.0 Å². The summed E-state index contributed by atoms with van der Waals surface area (Å²) in [6.45, 7) is 2.19. The average Bonchev–Trinajstić information content (AvgIpc) is 2.49. The summed E-state index contributed by atoms with van der Waals surface area (Å²) < 4.78 is 0. The number of amides is 2. The number of pyridine rings is 1. The van der Waals surface area contributed by atoms with E-state index in [0.717, 1.165) is 36.9 Å². The third-order valence-electron chi connectivity index (χ3n) is 4.20. The van der Waals surface area contributed by atoms with Crippen molar-refractivity contribution in [3.63, 3.8) is 0 Å². The number of aromatic nitrogens is 1. The van der Waals surface area contributed by atoms with Gasteiger partial charge in [0, 0.05) is 37.8 Å². The van der Waals surface area contributed by atoms with Gasteiger partial charge >= 0.3 is 6.03 Å². The number of hydrogen-bond donors (Lipinski definition) is 2. The molecule has 1 fully saturated rings. The predicted octanol–water partition coefficient (Wildman–Crippen LogP) is 2.40. The van der Waals surface area contributed by atoms with Gasteiger partial charge in [0.15, 0.2) is 0 Å². The minimum atomic E-state index is -0.0771. The van der Waals surface area contributed by atoms with Gasteiger partial charge in [0.25, 0.3) is 0 Å². The zero-order valence-electron chi connectivity index (χ0n) is 12.2. The normalized spacial score (nSPS) is 22.4. The van der Waals surface area contributed by atoms with Crippen LogP contribution in [-0.2, 0) is 0 Å². The van der Waals surface area contributed by atoms with Crippen LogP contribution in [0.15, 0.2) is 18.5 Å². The first kappa shape index (κ1) is 14.8. The number of nitrogens with zero attached hydrogens (tertiary/aromatic N) is 2. The van der Waals surface area contributed by atoms with Crippen LogP contribution in [0.5, 0.6) is 0 Å². The molecule has 1 aliphatic carbocycles. The molecule has 5 nitrogen and oxygen atoms in total. The van der Waals surface area contributed by atoms with Crippen LogP contribution in [0.3, 0.4) is 0 Å². The van der Waals surface area contributed by atoms with Gasteiger partial charge in [-0.1, -0.05) is 0 Å². The number of anilines is 1. The lowest BCUT2D eigenvalue weighted by atomic mass is 9.86. The lowest BCUT2D eigenvalue weighted by Crippen LogP contribution is -2.42. The van der Waals surface area contributed by atoms with Gasteiger partial charge in [0.05, 0.1) is 0 Å². The van der Waals surface area contributed by atoms with Gasteiger partial charge < -0.3 is 15.3 Å². The van der Waals surface area contributed by atoms with Gasteiger partial charge in [-0.05, 0) is 50.2 Å². The Bertz CT molecular complexity index is 456. The predicted molar refractivity (Wildman–Crippen MR) is 78.6 cm³/mol. The maximum atomic E-state index is 12.3. The number of carbonyl (C=O) groups is 1. The van der Waals surface area contributed by atoms with Crippen LogP contribution in [0, 0.1) is 12.8 Å². The van der Waals surface area contributed by atoms with Crippen LogP contribution in [0.1, 0.15) is 31.2 Å². The van der Waals surface area contributed by atoms with E-state index in [2.05, 4.69) is 10.3 Å². The van der Waals surface area contributed by atoms with Gasteiger partial charge in [0.1, 0.15) is 0 Å². The van der Waals surface area contributed by atoms with Crippen LogP contribution in [0.4, 0.5) is 10.5 Å². The van der Waals surface area contributed by atoms with Gasteiger partial charge in [-0.15, -0.1) is 0 Å². The van der Waals surface area contributed by atoms with E-state index in [1.165, 1.54) is 0 Å². The highest BCUT2D eigenvalue weighted by Gasteiger charge is 2.26. The molecule has 0 radical (unpaired) electrons. The minimum absolute atomic E-state index is 0.0771.